The molecule has 174 valence electrons. The van der Waals surface area contributed by atoms with Gasteiger partial charge in [0.2, 0.25) is 0 Å². The Balaban J connectivity index is 1.50. The number of thiophene rings is 1. The molecule has 1 saturated heterocycles. The molecule has 1 fully saturated rings. The molecule has 1 aromatic carbocycles. The Bertz CT molecular complexity index is 1090. The van der Waals surface area contributed by atoms with Gasteiger partial charge in [0.05, 0.1) is 17.7 Å². The molecule has 4 rings (SSSR count). The van der Waals surface area contributed by atoms with Crippen LogP contribution in [0.25, 0.3) is 0 Å². The van der Waals surface area contributed by atoms with Crippen LogP contribution in [0.5, 0.6) is 5.75 Å². The Morgan fingerprint density at radius 3 is 2.67 bits per heavy atom. The van der Waals surface area contributed by atoms with Crippen molar-refractivity contribution in [3.63, 3.8) is 0 Å². The van der Waals surface area contributed by atoms with E-state index in [0.29, 0.717) is 24.7 Å². The molecule has 0 bridgehead atoms. The molecule has 33 heavy (non-hydrogen) atoms. The third-order valence-corrected chi connectivity index (χ3v) is 7.83. The van der Waals surface area contributed by atoms with Gasteiger partial charge < -0.3 is 14.5 Å². The SMILES string of the molecule is COc1cccc(C[C@H](C2CCN(C(=O)c3csc(C)n3)CC2)N(C)C(=O)c2ccsc2)c1. The van der Waals surface area contributed by atoms with E-state index in [1.165, 1.54) is 22.7 Å². The second-order valence-corrected chi connectivity index (χ2v) is 10.3. The summed E-state index contributed by atoms with van der Waals surface area (Å²) in [4.78, 5) is 34.2. The second kappa shape index (κ2) is 10.5. The van der Waals surface area contributed by atoms with Gasteiger partial charge in [-0.3, -0.25) is 9.59 Å². The molecule has 0 spiro atoms. The summed E-state index contributed by atoms with van der Waals surface area (Å²) >= 11 is 3.03. The lowest BCUT2D eigenvalue weighted by atomic mass is 9.84. The number of piperidine rings is 1. The third-order valence-electron chi connectivity index (χ3n) is 6.37. The Hall–Kier alpha value is -2.71. The lowest BCUT2D eigenvalue weighted by Crippen LogP contribution is -2.48. The van der Waals surface area contributed by atoms with Crippen LogP contribution in [0.15, 0.2) is 46.5 Å². The summed E-state index contributed by atoms with van der Waals surface area (Å²) in [5.74, 6) is 1.16. The fourth-order valence-electron chi connectivity index (χ4n) is 4.51. The minimum Gasteiger partial charge on any atom is -0.497 e. The van der Waals surface area contributed by atoms with Crippen LogP contribution in [0.4, 0.5) is 0 Å². The zero-order valence-electron chi connectivity index (χ0n) is 19.2. The first kappa shape index (κ1) is 23.4. The first-order valence-corrected chi connectivity index (χ1v) is 12.9. The smallest absolute Gasteiger partial charge is 0.273 e. The van der Waals surface area contributed by atoms with E-state index >= 15 is 0 Å². The molecule has 2 aromatic heterocycles. The largest absolute Gasteiger partial charge is 0.497 e. The number of likely N-dealkylation sites (N-methyl/N-ethyl adjacent to an activating group) is 1. The zero-order valence-corrected chi connectivity index (χ0v) is 20.8. The molecule has 8 heteroatoms. The van der Waals surface area contributed by atoms with Crippen molar-refractivity contribution in [2.24, 2.45) is 5.92 Å². The number of likely N-dealkylation sites (tertiary alicyclic amines) is 1. The number of hydrogen-bond acceptors (Lipinski definition) is 6. The number of thiazole rings is 1. The van der Waals surface area contributed by atoms with Crippen molar-refractivity contribution in [1.82, 2.24) is 14.8 Å². The number of nitrogens with zero attached hydrogens (tertiary/aromatic N) is 3. The van der Waals surface area contributed by atoms with Gasteiger partial charge in [-0.25, -0.2) is 4.98 Å². The molecule has 0 radical (unpaired) electrons. The van der Waals surface area contributed by atoms with Crippen molar-refractivity contribution in [2.45, 2.75) is 32.2 Å². The van der Waals surface area contributed by atoms with E-state index in [4.69, 9.17) is 4.74 Å². The number of benzene rings is 1. The van der Waals surface area contributed by atoms with Crippen molar-refractivity contribution in [3.05, 3.63) is 68.3 Å². The van der Waals surface area contributed by atoms with Crippen LogP contribution >= 0.6 is 22.7 Å². The van der Waals surface area contributed by atoms with Crippen LogP contribution in [0.3, 0.4) is 0 Å². The van der Waals surface area contributed by atoms with Crippen LogP contribution in [0, 0.1) is 12.8 Å². The molecule has 2 amide bonds. The van der Waals surface area contributed by atoms with E-state index in [0.717, 1.165) is 41.1 Å². The summed E-state index contributed by atoms with van der Waals surface area (Å²) in [5.41, 5.74) is 2.40. The number of hydrogen-bond donors (Lipinski definition) is 0. The fourth-order valence-corrected chi connectivity index (χ4v) is 5.73. The molecule has 0 saturated carbocycles. The Morgan fingerprint density at radius 1 is 1.24 bits per heavy atom. The quantitative estimate of drug-likeness (QED) is 0.486. The van der Waals surface area contributed by atoms with Crippen LogP contribution in [-0.2, 0) is 6.42 Å². The van der Waals surface area contributed by atoms with E-state index in [9.17, 15) is 9.59 Å². The van der Waals surface area contributed by atoms with Crippen LogP contribution in [0.1, 0.15) is 44.3 Å². The molecular formula is C25H29N3O3S2. The van der Waals surface area contributed by atoms with Gasteiger partial charge in [0.25, 0.3) is 11.8 Å². The van der Waals surface area contributed by atoms with Crippen LogP contribution in [-0.4, -0.2) is 59.9 Å². The highest BCUT2D eigenvalue weighted by molar-refractivity contribution is 7.09. The van der Waals surface area contributed by atoms with Crippen molar-refractivity contribution in [2.75, 3.05) is 27.2 Å². The number of amides is 2. The minimum absolute atomic E-state index is 0.00449. The van der Waals surface area contributed by atoms with E-state index in [-0.39, 0.29) is 17.9 Å². The van der Waals surface area contributed by atoms with Crippen LogP contribution < -0.4 is 4.74 Å². The highest BCUT2D eigenvalue weighted by Gasteiger charge is 2.33. The molecule has 1 atom stereocenters. The molecule has 0 unspecified atom stereocenters. The predicted octanol–water partition coefficient (Wildman–Crippen LogP) is 4.76. The standard InChI is InChI=1S/C25H29N3O3S2/c1-17-26-22(16-33-17)25(30)28-10-7-19(8-11-28)23(14-18-5-4-6-21(13-18)31-3)27(2)24(29)20-9-12-32-15-20/h4-6,9,12-13,15-16,19,23H,7-8,10-11,14H2,1-3H3/t23-/m1/s1. The second-order valence-electron chi connectivity index (χ2n) is 8.43. The maximum absolute atomic E-state index is 13.2. The van der Waals surface area contributed by atoms with Crippen LogP contribution in [0.2, 0.25) is 0 Å². The third kappa shape index (κ3) is 5.45. The summed E-state index contributed by atoms with van der Waals surface area (Å²) in [6.45, 7) is 3.27. The zero-order chi connectivity index (χ0) is 23.4. The van der Waals surface area contributed by atoms with Crippen molar-refractivity contribution in [1.29, 1.82) is 0 Å². The first-order chi connectivity index (χ1) is 16.0. The molecule has 1 aliphatic rings. The van der Waals surface area contributed by atoms with E-state index in [2.05, 4.69) is 11.1 Å². The average Bonchev–Trinajstić information content (AvgIpc) is 3.54. The molecule has 0 N–H and O–H groups in total. The number of carbonyl (C=O) groups excluding carboxylic acids is 2. The Labute approximate surface area is 202 Å². The maximum atomic E-state index is 13.2. The summed E-state index contributed by atoms with van der Waals surface area (Å²) in [6.07, 6.45) is 2.45. The summed E-state index contributed by atoms with van der Waals surface area (Å²) in [7, 11) is 3.57. The van der Waals surface area contributed by atoms with Crippen molar-refractivity contribution < 1.29 is 14.3 Å². The van der Waals surface area contributed by atoms with E-state index < -0.39 is 0 Å². The monoisotopic (exact) mass is 483 g/mol. The first-order valence-electron chi connectivity index (χ1n) is 11.1. The minimum atomic E-state index is 0.00449. The van der Waals surface area contributed by atoms with Gasteiger partial charge in [0.15, 0.2) is 0 Å². The lowest BCUT2D eigenvalue weighted by molar-refractivity contribution is 0.0520. The molecule has 1 aliphatic heterocycles. The predicted molar refractivity (Wildman–Crippen MR) is 132 cm³/mol. The van der Waals surface area contributed by atoms with E-state index in [1.54, 1.807) is 7.11 Å². The molecule has 6 nitrogen and oxygen atoms in total. The number of ether oxygens (including phenoxy) is 1. The Morgan fingerprint density at radius 2 is 2.03 bits per heavy atom. The van der Waals surface area contributed by atoms with Crippen molar-refractivity contribution >= 4 is 34.5 Å². The maximum Gasteiger partial charge on any atom is 0.273 e. The van der Waals surface area contributed by atoms with Crippen molar-refractivity contribution in [3.8, 4) is 5.75 Å². The fraction of sp³-hybridized carbons (Fsp3) is 0.400. The molecule has 3 heterocycles. The summed E-state index contributed by atoms with van der Waals surface area (Å²) < 4.78 is 5.40. The highest BCUT2D eigenvalue weighted by Crippen LogP contribution is 2.29. The summed E-state index contributed by atoms with van der Waals surface area (Å²) in [5, 5.41) is 6.57. The topological polar surface area (TPSA) is 62.7 Å². The van der Waals surface area contributed by atoms with Gasteiger partial charge in [-0.1, -0.05) is 12.1 Å². The molecule has 0 aliphatic carbocycles. The van der Waals surface area contributed by atoms with Gasteiger partial charge in [-0.05, 0) is 61.2 Å². The Kier molecular flexibility index (Phi) is 7.45. The normalized spacial score (nSPS) is 15.3. The van der Waals surface area contributed by atoms with Gasteiger partial charge in [-0.2, -0.15) is 11.3 Å². The molecule has 3 aromatic rings. The molecular weight excluding hydrogens is 454 g/mol. The lowest BCUT2D eigenvalue weighted by Gasteiger charge is -2.40. The van der Waals surface area contributed by atoms with Gasteiger partial charge >= 0.3 is 0 Å². The van der Waals surface area contributed by atoms with E-state index in [1.807, 2.05) is 64.2 Å². The van der Waals surface area contributed by atoms with Gasteiger partial charge in [0, 0.05) is 36.9 Å². The van der Waals surface area contributed by atoms with Gasteiger partial charge in [-0.15, -0.1) is 11.3 Å². The number of rotatable bonds is 7. The van der Waals surface area contributed by atoms with Gasteiger partial charge in [0.1, 0.15) is 11.4 Å². The number of carbonyl (C=O) groups is 2. The average molecular weight is 484 g/mol. The number of aryl methyl sites for hydroxylation is 1. The summed E-state index contributed by atoms with van der Waals surface area (Å²) in [6, 6.07) is 9.96. The number of methoxy groups -OCH3 is 1. The highest BCUT2D eigenvalue weighted by atomic mass is 32.1. The number of aromatic nitrogens is 1.